The molecule has 0 aliphatic heterocycles. The molecule has 70 valence electrons. The molecule has 13 heavy (non-hydrogen) atoms. The number of pyridine rings is 1. The molecule has 0 spiro atoms. The molecule has 0 aliphatic carbocycles. The van der Waals surface area contributed by atoms with Crippen LogP contribution in [0.4, 0.5) is 0 Å². The third kappa shape index (κ3) is 2.42. The van der Waals surface area contributed by atoms with Crippen LogP contribution in [0.15, 0.2) is 16.7 Å². The van der Waals surface area contributed by atoms with Gasteiger partial charge in [0.05, 0.1) is 17.3 Å². The first-order valence-corrected chi connectivity index (χ1v) is 4.46. The van der Waals surface area contributed by atoms with Gasteiger partial charge in [-0.2, -0.15) is 0 Å². The van der Waals surface area contributed by atoms with Gasteiger partial charge in [0.25, 0.3) is 0 Å². The van der Waals surface area contributed by atoms with E-state index in [4.69, 9.17) is 9.84 Å². The highest BCUT2D eigenvalue weighted by Crippen LogP contribution is 2.19. The van der Waals surface area contributed by atoms with E-state index in [-0.39, 0.29) is 11.4 Å². The highest BCUT2D eigenvalue weighted by Gasteiger charge is 2.12. The Hall–Kier alpha value is -1.10. The Labute approximate surface area is 83.7 Å². The first kappa shape index (κ1) is 9.98. The number of carbonyl (C=O) groups excluding carboxylic acids is 1. The predicted molar refractivity (Wildman–Crippen MR) is 49.6 cm³/mol. The summed E-state index contributed by atoms with van der Waals surface area (Å²) in [5.74, 6) is -0.505. The number of carbonyl (C=O) groups is 1. The normalized spacial score (nSPS) is 9.69. The summed E-state index contributed by atoms with van der Waals surface area (Å²) in [6.07, 6.45) is 1.19. The van der Waals surface area contributed by atoms with Crippen molar-refractivity contribution < 1.29 is 14.6 Å². The first-order chi connectivity index (χ1) is 6.15. The molecule has 0 radical (unpaired) electrons. The molecule has 0 atom stereocenters. The lowest BCUT2D eigenvalue weighted by atomic mass is 10.3. The number of ether oxygens (including phenoxy) is 1. The number of aromatic nitrogens is 1. The standard InChI is InChI=1S/C8H8BrNO3/c1-2-13-8(12)7-6(9)3-5(11)4-10-7/h3-4,11H,2H2,1H3. The van der Waals surface area contributed by atoms with Gasteiger partial charge >= 0.3 is 5.97 Å². The monoisotopic (exact) mass is 245 g/mol. The maximum Gasteiger partial charge on any atom is 0.358 e. The summed E-state index contributed by atoms with van der Waals surface area (Å²) >= 11 is 3.09. The van der Waals surface area contributed by atoms with Gasteiger partial charge in [-0.15, -0.1) is 0 Å². The topological polar surface area (TPSA) is 59.4 Å². The molecule has 0 bridgehead atoms. The second kappa shape index (κ2) is 4.23. The molecule has 0 amide bonds. The number of rotatable bonds is 2. The fourth-order valence-corrected chi connectivity index (χ4v) is 1.28. The summed E-state index contributed by atoms with van der Waals surface area (Å²) in [4.78, 5) is 14.9. The Balaban J connectivity index is 2.95. The predicted octanol–water partition coefficient (Wildman–Crippen LogP) is 1.73. The third-order valence-corrected chi connectivity index (χ3v) is 1.90. The van der Waals surface area contributed by atoms with Gasteiger partial charge in [-0.3, -0.25) is 0 Å². The van der Waals surface area contributed by atoms with Crippen molar-refractivity contribution >= 4 is 21.9 Å². The van der Waals surface area contributed by atoms with Crippen molar-refractivity contribution in [3.8, 4) is 5.75 Å². The van der Waals surface area contributed by atoms with Crippen LogP contribution in [0.2, 0.25) is 0 Å². The van der Waals surface area contributed by atoms with Gasteiger partial charge in [0.15, 0.2) is 5.69 Å². The van der Waals surface area contributed by atoms with Crippen LogP contribution in [-0.2, 0) is 4.74 Å². The van der Waals surface area contributed by atoms with Gasteiger partial charge in [-0.1, -0.05) is 0 Å². The van der Waals surface area contributed by atoms with Crippen molar-refractivity contribution in [3.05, 3.63) is 22.4 Å². The highest BCUT2D eigenvalue weighted by molar-refractivity contribution is 9.10. The summed E-state index contributed by atoms with van der Waals surface area (Å²) in [6.45, 7) is 2.01. The molecule has 0 saturated carbocycles. The van der Waals surface area contributed by atoms with E-state index in [9.17, 15) is 4.79 Å². The van der Waals surface area contributed by atoms with Crippen LogP contribution < -0.4 is 0 Å². The summed E-state index contributed by atoms with van der Waals surface area (Å²) in [7, 11) is 0. The average molecular weight is 246 g/mol. The molecule has 0 fully saturated rings. The van der Waals surface area contributed by atoms with E-state index in [1.807, 2.05) is 0 Å². The maximum absolute atomic E-state index is 11.2. The molecule has 5 heteroatoms. The zero-order chi connectivity index (χ0) is 9.84. The Kier molecular flexibility index (Phi) is 3.25. The zero-order valence-electron chi connectivity index (χ0n) is 6.95. The van der Waals surface area contributed by atoms with E-state index >= 15 is 0 Å². The Bertz CT molecular complexity index is 327. The number of aromatic hydroxyl groups is 1. The van der Waals surface area contributed by atoms with Crippen LogP contribution in [0.5, 0.6) is 5.75 Å². The Morgan fingerprint density at radius 3 is 3.00 bits per heavy atom. The van der Waals surface area contributed by atoms with E-state index in [1.54, 1.807) is 6.92 Å². The summed E-state index contributed by atoms with van der Waals surface area (Å²) in [5.41, 5.74) is 0.166. The second-order valence-corrected chi connectivity index (χ2v) is 3.10. The van der Waals surface area contributed by atoms with Crippen LogP contribution in [-0.4, -0.2) is 22.7 Å². The number of nitrogens with zero attached hydrogens (tertiary/aromatic N) is 1. The van der Waals surface area contributed by atoms with Crippen LogP contribution in [0.1, 0.15) is 17.4 Å². The molecule has 1 aromatic rings. The maximum atomic E-state index is 11.2. The molecular weight excluding hydrogens is 238 g/mol. The molecule has 0 aliphatic rings. The number of hydrogen-bond acceptors (Lipinski definition) is 4. The minimum absolute atomic E-state index is 0.0000709. The largest absolute Gasteiger partial charge is 0.506 e. The van der Waals surface area contributed by atoms with Crippen molar-refractivity contribution in [1.29, 1.82) is 0 Å². The molecular formula is C8H8BrNO3. The minimum Gasteiger partial charge on any atom is -0.506 e. The molecule has 0 aromatic carbocycles. The fraction of sp³-hybridized carbons (Fsp3) is 0.250. The lowest BCUT2D eigenvalue weighted by Gasteiger charge is -2.02. The van der Waals surface area contributed by atoms with Gasteiger partial charge in [-0.05, 0) is 28.9 Å². The van der Waals surface area contributed by atoms with E-state index < -0.39 is 5.97 Å². The van der Waals surface area contributed by atoms with E-state index in [0.29, 0.717) is 11.1 Å². The van der Waals surface area contributed by atoms with Crippen LogP contribution in [0, 0.1) is 0 Å². The molecule has 1 N–H and O–H groups in total. The molecule has 0 saturated heterocycles. The quantitative estimate of drug-likeness (QED) is 0.807. The Morgan fingerprint density at radius 2 is 2.46 bits per heavy atom. The number of hydrogen-bond donors (Lipinski definition) is 1. The number of esters is 1. The highest BCUT2D eigenvalue weighted by atomic mass is 79.9. The van der Waals surface area contributed by atoms with Crippen molar-refractivity contribution in [1.82, 2.24) is 4.98 Å². The molecule has 1 rings (SSSR count). The molecule has 1 heterocycles. The average Bonchev–Trinajstić information content (AvgIpc) is 2.04. The van der Waals surface area contributed by atoms with Crippen LogP contribution in [0.25, 0.3) is 0 Å². The SMILES string of the molecule is CCOC(=O)c1ncc(O)cc1Br. The van der Waals surface area contributed by atoms with Crippen molar-refractivity contribution in [2.75, 3.05) is 6.61 Å². The third-order valence-electron chi connectivity index (χ3n) is 1.30. The van der Waals surface area contributed by atoms with Crippen molar-refractivity contribution in [2.45, 2.75) is 6.92 Å². The molecule has 1 aromatic heterocycles. The lowest BCUT2D eigenvalue weighted by molar-refractivity contribution is 0.0518. The summed E-state index contributed by atoms with van der Waals surface area (Å²) in [6, 6.07) is 1.39. The lowest BCUT2D eigenvalue weighted by Crippen LogP contribution is -2.07. The fourth-order valence-electron chi connectivity index (χ4n) is 0.777. The minimum atomic E-state index is -0.505. The molecule has 4 nitrogen and oxygen atoms in total. The zero-order valence-corrected chi connectivity index (χ0v) is 8.54. The van der Waals surface area contributed by atoms with E-state index in [0.717, 1.165) is 0 Å². The second-order valence-electron chi connectivity index (χ2n) is 2.24. The van der Waals surface area contributed by atoms with E-state index in [1.165, 1.54) is 12.3 Å². The number of halogens is 1. The summed E-state index contributed by atoms with van der Waals surface area (Å²) in [5, 5.41) is 9.00. The van der Waals surface area contributed by atoms with Gasteiger partial charge in [-0.25, -0.2) is 9.78 Å². The first-order valence-electron chi connectivity index (χ1n) is 3.66. The van der Waals surface area contributed by atoms with Gasteiger partial charge in [0.1, 0.15) is 5.75 Å². The summed E-state index contributed by atoms with van der Waals surface area (Å²) < 4.78 is 5.16. The van der Waals surface area contributed by atoms with Gasteiger partial charge < -0.3 is 9.84 Å². The van der Waals surface area contributed by atoms with Crippen molar-refractivity contribution in [3.63, 3.8) is 0 Å². The smallest absolute Gasteiger partial charge is 0.358 e. The van der Waals surface area contributed by atoms with Gasteiger partial charge in [0, 0.05) is 0 Å². The van der Waals surface area contributed by atoms with E-state index in [2.05, 4.69) is 20.9 Å². The van der Waals surface area contributed by atoms with Crippen LogP contribution in [0.3, 0.4) is 0 Å². The van der Waals surface area contributed by atoms with Gasteiger partial charge in [0.2, 0.25) is 0 Å². The Morgan fingerprint density at radius 1 is 1.77 bits per heavy atom. The van der Waals surface area contributed by atoms with Crippen LogP contribution >= 0.6 is 15.9 Å². The molecule has 0 unspecified atom stereocenters. The van der Waals surface area contributed by atoms with Crippen molar-refractivity contribution in [2.24, 2.45) is 0 Å².